The van der Waals surface area contributed by atoms with E-state index in [4.69, 9.17) is 14.2 Å². The number of carbonyl (C=O) groups is 1. The molecule has 0 atom stereocenters. The maximum Gasteiger partial charge on any atom is 0.265 e. The predicted octanol–water partition coefficient (Wildman–Crippen LogP) is 4.44. The van der Waals surface area contributed by atoms with Gasteiger partial charge in [0, 0.05) is 11.4 Å². The summed E-state index contributed by atoms with van der Waals surface area (Å²) in [5.74, 6) is -0.170. The molecular weight excluding hydrogens is 463 g/mol. The summed E-state index contributed by atoms with van der Waals surface area (Å²) in [6.07, 6.45) is -0.0626. The van der Waals surface area contributed by atoms with Crippen molar-refractivity contribution in [2.75, 3.05) is 30.4 Å². The van der Waals surface area contributed by atoms with Crippen molar-refractivity contribution in [1.29, 1.82) is 0 Å². The monoisotopic (exact) mass is 488 g/mol. The zero-order chi connectivity index (χ0) is 24.6. The van der Waals surface area contributed by atoms with E-state index in [9.17, 15) is 17.6 Å². The highest BCUT2D eigenvalue weighted by atomic mass is 32.2. The van der Waals surface area contributed by atoms with E-state index in [1.807, 2.05) is 6.92 Å². The minimum atomic E-state index is -4.03. The number of sulfonamides is 1. The summed E-state index contributed by atoms with van der Waals surface area (Å²) in [6.45, 7) is 2.30. The van der Waals surface area contributed by atoms with Crippen molar-refractivity contribution in [2.24, 2.45) is 0 Å². The van der Waals surface area contributed by atoms with Crippen LogP contribution in [-0.2, 0) is 14.8 Å². The Labute approximate surface area is 197 Å². The van der Waals surface area contributed by atoms with Crippen LogP contribution in [0.15, 0.2) is 71.6 Å². The Morgan fingerprint density at radius 3 is 2.32 bits per heavy atom. The molecule has 10 heteroatoms. The lowest BCUT2D eigenvalue weighted by molar-refractivity contribution is -0.116. The molecule has 34 heavy (non-hydrogen) atoms. The number of benzene rings is 3. The molecule has 2 N–H and O–H groups in total. The van der Waals surface area contributed by atoms with Crippen LogP contribution in [0.25, 0.3) is 0 Å². The van der Waals surface area contributed by atoms with Crippen LogP contribution in [0.2, 0.25) is 0 Å². The van der Waals surface area contributed by atoms with Crippen molar-refractivity contribution in [3.05, 3.63) is 72.5 Å². The molecule has 0 saturated heterocycles. The van der Waals surface area contributed by atoms with Gasteiger partial charge in [-0.25, -0.2) is 12.8 Å². The lowest BCUT2D eigenvalue weighted by atomic mass is 10.3. The lowest BCUT2D eigenvalue weighted by Crippen LogP contribution is -2.17. The van der Waals surface area contributed by atoms with E-state index < -0.39 is 21.7 Å². The second-order valence-corrected chi connectivity index (χ2v) is 8.66. The van der Waals surface area contributed by atoms with Crippen LogP contribution in [-0.4, -0.2) is 34.6 Å². The summed E-state index contributed by atoms with van der Waals surface area (Å²) in [5.41, 5.74) is 0.592. The molecule has 0 bridgehead atoms. The Kier molecular flexibility index (Phi) is 8.31. The standard InChI is InChI=1S/C24H25FN2O6S/c1-3-32-19-11-8-17(9-12-19)27-34(29,30)23-16-18(10-13-22(23)31-2)26-24(28)14-15-33-21-7-5-4-6-20(21)25/h4-13,16,27H,3,14-15H2,1-2H3,(H,26,28). The lowest BCUT2D eigenvalue weighted by Gasteiger charge is -2.14. The quantitative estimate of drug-likeness (QED) is 0.414. The second-order valence-electron chi connectivity index (χ2n) is 7.01. The van der Waals surface area contributed by atoms with E-state index in [0.717, 1.165) is 0 Å². The van der Waals surface area contributed by atoms with Crippen LogP contribution in [0.5, 0.6) is 17.2 Å². The van der Waals surface area contributed by atoms with E-state index in [0.29, 0.717) is 18.0 Å². The molecule has 8 nitrogen and oxygen atoms in total. The molecule has 0 aliphatic carbocycles. The van der Waals surface area contributed by atoms with Crippen LogP contribution in [0.1, 0.15) is 13.3 Å². The molecule has 0 aromatic heterocycles. The maximum atomic E-state index is 13.6. The summed E-state index contributed by atoms with van der Waals surface area (Å²) in [4.78, 5) is 12.1. The first-order valence-electron chi connectivity index (χ1n) is 10.4. The average molecular weight is 489 g/mol. The molecule has 0 aliphatic heterocycles. The SMILES string of the molecule is CCOc1ccc(NS(=O)(=O)c2cc(NC(=O)CCOc3ccccc3F)ccc2OC)cc1. The fourth-order valence-electron chi connectivity index (χ4n) is 3.00. The molecular formula is C24H25FN2O6S. The maximum absolute atomic E-state index is 13.6. The summed E-state index contributed by atoms with van der Waals surface area (Å²) >= 11 is 0. The third kappa shape index (κ3) is 6.61. The first-order chi connectivity index (χ1) is 16.3. The van der Waals surface area contributed by atoms with E-state index in [2.05, 4.69) is 10.0 Å². The molecule has 3 aromatic rings. The Hall–Kier alpha value is -3.79. The van der Waals surface area contributed by atoms with E-state index in [1.54, 1.807) is 30.3 Å². The second kappa shape index (κ2) is 11.4. The van der Waals surface area contributed by atoms with Crippen LogP contribution in [0.3, 0.4) is 0 Å². The molecule has 180 valence electrons. The van der Waals surface area contributed by atoms with Crippen LogP contribution in [0.4, 0.5) is 15.8 Å². The van der Waals surface area contributed by atoms with Crippen molar-refractivity contribution in [2.45, 2.75) is 18.2 Å². The van der Waals surface area contributed by atoms with Gasteiger partial charge >= 0.3 is 0 Å². The number of rotatable bonds is 11. The third-order valence-corrected chi connectivity index (χ3v) is 5.98. The van der Waals surface area contributed by atoms with Gasteiger partial charge in [-0.3, -0.25) is 9.52 Å². The number of anilines is 2. The molecule has 0 saturated carbocycles. The fourth-order valence-corrected chi connectivity index (χ4v) is 4.25. The number of methoxy groups -OCH3 is 1. The number of amides is 1. The van der Waals surface area contributed by atoms with E-state index in [-0.39, 0.29) is 35.1 Å². The Morgan fingerprint density at radius 2 is 1.65 bits per heavy atom. The molecule has 0 aliphatic rings. The van der Waals surface area contributed by atoms with Gasteiger partial charge in [-0.2, -0.15) is 0 Å². The van der Waals surface area contributed by atoms with Gasteiger partial charge in [0.05, 0.1) is 26.7 Å². The first-order valence-corrected chi connectivity index (χ1v) is 11.9. The Morgan fingerprint density at radius 1 is 0.941 bits per heavy atom. The number of carbonyl (C=O) groups excluding carboxylic acids is 1. The molecule has 0 spiro atoms. The average Bonchev–Trinajstić information content (AvgIpc) is 2.81. The highest BCUT2D eigenvalue weighted by Gasteiger charge is 2.21. The highest BCUT2D eigenvalue weighted by Crippen LogP contribution is 2.29. The van der Waals surface area contributed by atoms with Gasteiger partial charge in [-0.1, -0.05) is 12.1 Å². The Bertz CT molecular complexity index is 1230. The van der Waals surface area contributed by atoms with Gasteiger partial charge in [-0.15, -0.1) is 0 Å². The van der Waals surface area contributed by atoms with Gasteiger partial charge < -0.3 is 19.5 Å². The van der Waals surface area contributed by atoms with Crippen LogP contribution < -0.4 is 24.2 Å². The van der Waals surface area contributed by atoms with Crippen LogP contribution >= 0.6 is 0 Å². The third-order valence-electron chi connectivity index (χ3n) is 4.58. The van der Waals surface area contributed by atoms with Gasteiger partial charge in [0.2, 0.25) is 5.91 Å². The van der Waals surface area contributed by atoms with Crippen LogP contribution in [0, 0.1) is 5.82 Å². The number of ether oxygens (including phenoxy) is 3. The van der Waals surface area contributed by atoms with Gasteiger partial charge in [0.1, 0.15) is 16.4 Å². The number of hydrogen-bond acceptors (Lipinski definition) is 6. The largest absolute Gasteiger partial charge is 0.495 e. The number of para-hydroxylation sites is 1. The minimum absolute atomic E-state index is 0.0482. The van der Waals surface area contributed by atoms with Crippen molar-refractivity contribution < 1.29 is 31.8 Å². The first kappa shape index (κ1) is 24.8. The molecule has 3 aromatic carbocycles. The highest BCUT2D eigenvalue weighted by molar-refractivity contribution is 7.92. The summed E-state index contributed by atoms with van der Waals surface area (Å²) < 4.78 is 57.9. The smallest absolute Gasteiger partial charge is 0.265 e. The summed E-state index contributed by atoms with van der Waals surface area (Å²) in [5, 5.41) is 2.61. The van der Waals surface area contributed by atoms with Gasteiger partial charge in [0.25, 0.3) is 10.0 Å². The topological polar surface area (TPSA) is 103 Å². The van der Waals surface area contributed by atoms with Gasteiger partial charge in [-0.05, 0) is 61.5 Å². The van der Waals surface area contributed by atoms with E-state index in [1.165, 1.54) is 43.5 Å². The molecule has 0 unspecified atom stereocenters. The summed E-state index contributed by atoms with van der Waals surface area (Å²) in [7, 11) is -2.68. The van der Waals surface area contributed by atoms with Crippen molar-refractivity contribution in [1.82, 2.24) is 0 Å². The summed E-state index contributed by atoms with van der Waals surface area (Å²) in [6, 6.07) is 16.6. The van der Waals surface area contributed by atoms with Gasteiger partial charge in [0.15, 0.2) is 11.6 Å². The van der Waals surface area contributed by atoms with Crippen molar-refractivity contribution in [3.63, 3.8) is 0 Å². The minimum Gasteiger partial charge on any atom is -0.495 e. The zero-order valence-electron chi connectivity index (χ0n) is 18.7. The predicted molar refractivity (Wildman–Crippen MR) is 127 cm³/mol. The molecule has 0 fully saturated rings. The van der Waals surface area contributed by atoms with E-state index >= 15 is 0 Å². The normalized spacial score (nSPS) is 10.9. The molecule has 0 heterocycles. The van der Waals surface area contributed by atoms with Crippen molar-refractivity contribution in [3.8, 4) is 17.2 Å². The van der Waals surface area contributed by atoms with Crippen molar-refractivity contribution >= 4 is 27.3 Å². The Balaban J connectivity index is 1.68. The number of hydrogen-bond donors (Lipinski definition) is 2. The molecule has 3 rings (SSSR count). The number of halogens is 1. The molecule has 0 radical (unpaired) electrons. The zero-order valence-corrected chi connectivity index (χ0v) is 19.5. The number of nitrogens with one attached hydrogen (secondary N) is 2. The fraction of sp³-hybridized carbons (Fsp3) is 0.208. The molecule has 1 amide bonds.